The average molecular weight is 319 g/mol. The summed E-state index contributed by atoms with van der Waals surface area (Å²) < 4.78 is 5.45. The van der Waals surface area contributed by atoms with Gasteiger partial charge < -0.3 is 14.2 Å². The van der Waals surface area contributed by atoms with E-state index in [1.165, 1.54) is 0 Å². The van der Waals surface area contributed by atoms with Gasteiger partial charge in [-0.3, -0.25) is 14.5 Å². The number of nitrogens with zero attached hydrogens (tertiary/aromatic N) is 3. The van der Waals surface area contributed by atoms with Gasteiger partial charge in [0.05, 0.1) is 12.1 Å². The van der Waals surface area contributed by atoms with E-state index in [1.807, 2.05) is 23.6 Å². The van der Waals surface area contributed by atoms with Crippen molar-refractivity contribution in [2.24, 2.45) is 0 Å². The van der Waals surface area contributed by atoms with E-state index in [-0.39, 0.29) is 11.8 Å². The van der Waals surface area contributed by atoms with Gasteiger partial charge in [0.1, 0.15) is 11.5 Å². The monoisotopic (exact) mass is 319 g/mol. The number of hydrogen-bond donors (Lipinski definition) is 0. The molecule has 0 spiro atoms. The first-order chi connectivity index (χ1) is 11.0. The van der Waals surface area contributed by atoms with Gasteiger partial charge in [-0.05, 0) is 32.8 Å². The lowest BCUT2D eigenvalue weighted by atomic mass is 10.2. The van der Waals surface area contributed by atoms with Gasteiger partial charge >= 0.3 is 0 Å². The van der Waals surface area contributed by atoms with Gasteiger partial charge in [0.2, 0.25) is 5.91 Å². The summed E-state index contributed by atoms with van der Waals surface area (Å²) in [7, 11) is 0. The fourth-order valence-corrected chi connectivity index (χ4v) is 3.38. The third-order valence-corrected chi connectivity index (χ3v) is 4.75. The zero-order valence-electron chi connectivity index (χ0n) is 14.0. The molecule has 3 heterocycles. The summed E-state index contributed by atoms with van der Waals surface area (Å²) in [6.07, 6.45) is 2.25. The zero-order chi connectivity index (χ0) is 16.4. The fraction of sp³-hybridized carbons (Fsp3) is 0.647. The highest BCUT2D eigenvalue weighted by atomic mass is 16.3. The molecular weight excluding hydrogens is 294 g/mol. The smallest absolute Gasteiger partial charge is 0.257 e. The highest BCUT2D eigenvalue weighted by molar-refractivity contribution is 5.95. The van der Waals surface area contributed by atoms with Crippen LogP contribution in [0, 0.1) is 13.8 Å². The minimum Gasteiger partial charge on any atom is -0.466 e. The number of rotatable bonds is 3. The van der Waals surface area contributed by atoms with Gasteiger partial charge in [-0.1, -0.05) is 0 Å². The minimum absolute atomic E-state index is 0.0323. The van der Waals surface area contributed by atoms with Gasteiger partial charge in [-0.25, -0.2) is 0 Å². The predicted octanol–water partition coefficient (Wildman–Crippen LogP) is 1.28. The zero-order valence-corrected chi connectivity index (χ0v) is 14.0. The molecule has 1 aromatic heterocycles. The van der Waals surface area contributed by atoms with E-state index in [0.717, 1.165) is 44.8 Å². The van der Waals surface area contributed by atoms with E-state index in [1.54, 1.807) is 6.07 Å². The normalized spacial score (nSPS) is 19.4. The maximum absolute atomic E-state index is 12.5. The molecule has 0 radical (unpaired) electrons. The molecule has 3 rings (SSSR count). The number of aryl methyl sites for hydroxylation is 2. The molecule has 0 atom stereocenters. The summed E-state index contributed by atoms with van der Waals surface area (Å²) in [5.74, 6) is 1.70. The van der Waals surface area contributed by atoms with Crippen LogP contribution >= 0.6 is 0 Å². The molecule has 2 aliphatic heterocycles. The van der Waals surface area contributed by atoms with E-state index in [4.69, 9.17) is 4.42 Å². The van der Waals surface area contributed by atoms with Gasteiger partial charge in [0, 0.05) is 39.3 Å². The molecule has 2 aliphatic rings. The Morgan fingerprint density at radius 1 is 1.00 bits per heavy atom. The van der Waals surface area contributed by atoms with Crippen molar-refractivity contribution in [3.63, 3.8) is 0 Å². The van der Waals surface area contributed by atoms with Crippen LogP contribution in [0.3, 0.4) is 0 Å². The van der Waals surface area contributed by atoms with Crippen molar-refractivity contribution in [3.05, 3.63) is 23.2 Å². The summed E-state index contributed by atoms with van der Waals surface area (Å²) in [6, 6.07) is 1.81. The third-order valence-electron chi connectivity index (χ3n) is 4.75. The van der Waals surface area contributed by atoms with Crippen LogP contribution in [0.5, 0.6) is 0 Å². The fourth-order valence-electron chi connectivity index (χ4n) is 3.38. The van der Waals surface area contributed by atoms with Crippen LogP contribution in [-0.2, 0) is 4.79 Å². The molecule has 0 bridgehead atoms. The minimum atomic E-state index is 0.0323. The second-order valence-electron chi connectivity index (χ2n) is 6.48. The molecule has 126 valence electrons. The van der Waals surface area contributed by atoms with Crippen LogP contribution in [0.4, 0.5) is 0 Å². The van der Waals surface area contributed by atoms with Crippen molar-refractivity contribution in [1.29, 1.82) is 0 Å². The number of carbonyl (C=O) groups excluding carboxylic acids is 2. The number of hydrogen-bond acceptors (Lipinski definition) is 4. The number of furan rings is 1. The SMILES string of the molecule is Cc1cc(C(=O)N2CCN(CC(=O)N3CCCC3)CC2)c(C)o1. The van der Waals surface area contributed by atoms with Crippen LogP contribution < -0.4 is 0 Å². The lowest BCUT2D eigenvalue weighted by Crippen LogP contribution is -2.51. The van der Waals surface area contributed by atoms with E-state index in [2.05, 4.69) is 4.90 Å². The number of carbonyl (C=O) groups is 2. The predicted molar refractivity (Wildman–Crippen MR) is 86.3 cm³/mol. The summed E-state index contributed by atoms with van der Waals surface area (Å²) in [4.78, 5) is 30.7. The van der Waals surface area contributed by atoms with Crippen molar-refractivity contribution < 1.29 is 14.0 Å². The molecule has 0 unspecified atom stereocenters. The molecule has 2 amide bonds. The van der Waals surface area contributed by atoms with Gasteiger partial charge in [0.15, 0.2) is 0 Å². The Kier molecular flexibility index (Phi) is 4.71. The van der Waals surface area contributed by atoms with Gasteiger partial charge in [0.25, 0.3) is 5.91 Å². The van der Waals surface area contributed by atoms with E-state index >= 15 is 0 Å². The Labute approximate surface area is 137 Å². The van der Waals surface area contributed by atoms with E-state index in [9.17, 15) is 9.59 Å². The maximum Gasteiger partial charge on any atom is 0.257 e. The van der Waals surface area contributed by atoms with Crippen molar-refractivity contribution in [2.45, 2.75) is 26.7 Å². The van der Waals surface area contributed by atoms with Crippen LogP contribution in [-0.4, -0.2) is 72.3 Å². The van der Waals surface area contributed by atoms with Crippen molar-refractivity contribution >= 4 is 11.8 Å². The van der Waals surface area contributed by atoms with E-state index < -0.39 is 0 Å². The molecule has 0 N–H and O–H groups in total. The number of likely N-dealkylation sites (tertiary alicyclic amines) is 1. The molecule has 6 nitrogen and oxygen atoms in total. The topological polar surface area (TPSA) is 57.0 Å². The summed E-state index contributed by atoms with van der Waals surface area (Å²) >= 11 is 0. The molecule has 6 heteroatoms. The highest BCUT2D eigenvalue weighted by Crippen LogP contribution is 2.17. The Morgan fingerprint density at radius 3 is 2.22 bits per heavy atom. The molecule has 0 saturated carbocycles. The van der Waals surface area contributed by atoms with Crippen LogP contribution in [0.2, 0.25) is 0 Å². The van der Waals surface area contributed by atoms with Gasteiger partial charge in [-0.15, -0.1) is 0 Å². The largest absolute Gasteiger partial charge is 0.466 e. The number of amides is 2. The molecule has 2 fully saturated rings. The maximum atomic E-state index is 12.5. The van der Waals surface area contributed by atoms with E-state index in [0.29, 0.717) is 31.0 Å². The second-order valence-corrected chi connectivity index (χ2v) is 6.48. The molecule has 0 aromatic carbocycles. The summed E-state index contributed by atoms with van der Waals surface area (Å²) in [6.45, 7) is 8.78. The first kappa shape index (κ1) is 16.1. The quantitative estimate of drug-likeness (QED) is 0.842. The summed E-state index contributed by atoms with van der Waals surface area (Å²) in [5.41, 5.74) is 0.657. The molecule has 2 saturated heterocycles. The number of piperazine rings is 1. The summed E-state index contributed by atoms with van der Waals surface area (Å²) in [5, 5.41) is 0. The first-order valence-electron chi connectivity index (χ1n) is 8.41. The molecule has 0 aliphatic carbocycles. The van der Waals surface area contributed by atoms with Crippen LogP contribution in [0.25, 0.3) is 0 Å². The van der Waals surface area contributed by atoms with Gasteiger partial charge in [-0.2, -0.15) is 0 Å². The highest BCUT2D eigenvalue weighted by Gasteiger charge is 2.27. The Hall–Kier alpha value is -1.82. The lowest BCUT2D eigenvalue weighted by Gasteiger charge is -2.35. The molecular formula is C17H25N3O3. The Balaban J connectivity index is 1.51. The standard InChI is InChI=1S/C17H25N3O3/c1-13-11-15(14(2)23-13)17(22)20-9-7-18(8-10-20)12-16(21)19-5-3-4-6-19/h11H,3-10,12H2,1-2H3. The second kappa shape index (κ2) is 6.74. The average Bonchev–Trinajstić information content (AvgIpc) is 3.17. The van der Waals surface area contributed by atoms with Crippen molar-refractivity contribution in [3.8, 4) is 0 Å². The Bertz CT molecular complexity index is 582. The lowest BCUT2D eigenvalue weighted by molar-refractivity contribution is -0.131. The first-order valence-corrected chi connectivity index (χ1v) is 8.41. The third kappa shape index (κ3) is 3.58. The van der Waals surface area contributed by atoms with Crippen molar-refractivity contribution in [2.75, 3.05) is 45.8 Å². The molecule has 23 heavy (non-hydrogen) atoms. The van der Waals surface area contributed by atoms with Crippen LogP contribution in [0.15, 0.2) is 10.5 Å². The Morgan fingerprint density at radius 2 is 1.65 bits per heavy atom. The van der Waals surface area contributed by atoms with Crippen LogP contribution in [0.1, 0.15) is 34.7 Å². The molecule has 1 aromatic rings. The van der Waals surface area contributed by atoms with Crippen molar-refractivity contribution in [1.82, 2.24) is 14.7 Å².